The summed E-state index contributed by atoms with van der Waals surface area (Å²) in [6, 6.07) is 24.5. The summed E-state index contributed by atoms with van der Waals surface area (Å²) in [7, 11) is 0. The van der Waals surface area contributed by atoms with Gasteiger partial charge in [0, 0.05) is 22.3 Å². The van der Waals surface area contributed by atoms with E-state index in [1.807, 2.05) is 61.5 Å². The van der Waals surface area contributed by atoms with Gasteiger partial charge in [-0.15, -0.1) is 10.2 Å². The summed E-state index contributed by atoms with van der Waals surface area (Å²) in [5.74, 6) is 6.66. The van der Waals surface area contributed by atoms with Gasteiger partial charge >= 0.3 is 0 Å². The molecule has 4 aromatic rings. The molecule has 0 atom stereocenters. The van der Waals surface area contributed by atoms with Crippen LogP contribution >= 0.6 is 0 Å². The molecule has 1 amide bonds. The van der Waals surface area contributed by atoms with Gasteiger partial charge in [-0.25, -0.2) is 0 Å². The Labute approximate surface area is 174 Å². The number of hydrogen-bond donors (Lipinski definition) is 1. The predicted octanol–water partition coefficient (Wildman–Crippen LogP) is 4.49. The van der Waals surface area contributed by atoms with Gasteiger partial charge < -0.3 is 9.73 Å². The van der Waals surface area contributed by atoms with E-state index < -0.39 is 0 Å². The van der Waals surface area contributed by atoms with Crippen LogP contribution in [0.1, 0.15) is 21.5 Å². The van der Waals surface area contributed by atoms with Crippen molar-refractivity contribution in [1.29, 1.82) is 0 Å². The average Bonchev–Trinajstić information content (AvgIpc) is 3.28. The number of benzene rings is 3. The Morgan fingerprint density at radius 3 is 2.37 bits per heavy atom. The van der Waals surface area contributed by atoms with Gasteiger partial charge in [-0.2, -0.15) is 0 Å². The first-order chi connectivity index (χ1) is 14.7. The van der Waals surface area contributed by atoms with Gasteiger partial charge in [-0.3, -0.25) is 4.79 Å². The molecule has 0 bridgehead atoms. The van der Waals surface area contributed by atoms with Crippen molar-refractivity contribution in [3.05, 3.63) is 95.6 Å². The summed E-state index contributed by atoms with van der Waals surface area (Å²) in [6.45, 7) is 2.27. The van der Waals surface area contributed by atoms with E-state index in [1.165, 1.54) is 0 Å². The Morgan fingerprint density at radius 1 is 0.900 bits per heavy atom. The molecule has 1 N–H and O–H groups in total. The van der Waals surface area contributed by atoms with E-state index in [0.717, 1.165) is 22.3 Å². The van der Waals surface area contributed by atoms with Gasteiger partial charge in [0.05, 0.1) is 6.54 Å². The smallest absolute Gasteiger partial charge is 0.252 e. The Bertz CT molecular complexity index is 1220. The number of amides is 1. The van der Waals surface area contributed by atoms with Gasteiger partial charge in [0.1, 0.15) is 0 Å². The number of carbonyl (C=O) groups is 1. The number of aromatic nitrogens is 2. The molecule has 0 aliphatic rings. The van der Waals surface area contributed by atoms with Crippen LogP contribution in [-0.4, -0.2) is 22.6 Å². The summed E-state index contributed by atoms with van der Waals surface area (Å²) in [6.07, 6.45) is 0. The molecule has 0 fully saturated rings. The van der Waals surface area contributed by atoms with E-state index in [2.05, 4.69) is 27.4 Å². The highest BCUT2D eigenvalue weighted by molar-refractivity contribution is 5.94. The fourth-order valence-electron chi connectivity index (χ4n) is 2.92. The number of aryl methyl sites for hydroxylation is 1. The lowest BCUT2D eigenvalue weighted by Gasteiger charge is -2.02. The van der Waals surface area contributed by atoms with Gasteiger partial charge in [-0.1, -0.05) is 48.2 Å². The number of hydrogen-bond acceptors (Lipinski definition) is 4. The highest BCUT2D eigenvalue weighted by Gasteiger charge is 2.13. The lowest BCUT2D eigenvalue weighted by molar-refractivity contribution is 0.0958. The van der Waals surface area contributed by atoms with E-state index in [4.69, 9.17) is 4.42 Å². The zero-order valence-corrected chi connectivity index (χ0v) is 16.4. The largest absolute Gasteiger partial charge is 0.416 e. The molecule has 146 valence electrons. The molecule has 5 heteroatoms. The molecule has 0 aliphatic carbocycles. The monoisotopic (exact) mass is 393 g/mol. The van der Waals surface area contributed by atoms with E-state index in [-0.39, 0.29) is 12.5 Å². The van der Waals surface area contributed by atoms with Crippen molar-refractivity contribution >= 4 is 5.91 Å². The first-order valence-corrected chi connectivity index (χ1v) is 9.53. The minimum Gasteiger partial charge on any atom is -0.416 e. The van der Waals surface area contributed by atoms with Crippen LogP contribution < -0.4 is 5.32 Å². The van der Waals surface area contributed by atoms with Crippen molar-refractivity contribution in [2.75, 3.05) is 6.54 Å². The molecule has 1 heterocycles. The standard InChI is InChI=1S/C25H19N3O2/c1-18-8-5-6-12-22(18)25-28-27-24(30-25)21-15-13-20(14-16-21)23(29)26-17-7-11-19-9-3-2-4-10-19/h2-6,8-10,12-16H,17H2,1H3,(H,26,29). The third-order valence-electron chi connectivity index (χ3n) is 4.54. The second kappa shape index (κ2) is 8.89. The zero-order valence-electron chi connectivity index (χ0n) is 16.4. The van der Waals surface area contributed by atoms with Gasteiger partial charge in [-0.05, 0) is 55.0 Å². The molecule has 0 unspecified atom stereocenters. The first-order valence-electron chi connectivity index (χ1n) is 9.53. The summed E-state index contributed by atoms with van der Waals surface area (Å²) in [5, 5.41) is 11.1. The van der Waals surface area contributed by atoms with Crippen LogP contribution in [0.15, 0.2) is 83.3 Å². The average molecular weight is 393 g/mol. The maximum absolute atomic E-state index is 12.3. The molecular weight excluding hydrogens is 374 g/mol. The van der Waals surface area contributed by atoms with Crippen molar-refractivity contribution in [3.8, 4) is 34.7 Å². The van der Waals surface area contributed by atoms with Crippen molar-refractivity contribution in [2.45, 2.75) is 6.92 Å². The van der Waals surface area contributed by atoms with E-state index in [9.17, 15) is 4.79 Å². The predicted molar refractivity (Wildman–Crippen MR) is 116 cm³/mol. The molecule has 1 aromatic heterocycles. The SMILES string of the molecule is Cc1ccccc1-c1nnc(-c2ccc(C(=O)NCC#Cc3ccccc3)cc2)o1. The summed E-state index contributed by atoms with van der Waals surface area (Å²) >= 11 is 0. The third kappa shape index (κ3) is 4.45. The van der Waals surface area contributed by atoms with Crippen molar-refractivity contribution in [1.82, 2.24) is 15.5 Å². The van der Waals surface area contributed by atoms with Crippen molar-refractivity contribution in [3.63, 3.8) is 0 Å². The number of nitrogens with one attached hydrogen (secondary N) is 1. The fraction of sp³-hybridized carbons (Fsp3) is 0.0800. The summed E-state index contributed by atoms with van der Waals surface area (Å²) < 4.78 is 5.82. The molecule has 0 spiro atoms. The fourth-order valence-corrected chi connectivity index (χ4v) is 2.92. The number of rotatable bonds is 4. The number of nitrogens with zero attached hydrogens (tertiary/aromatic N) is 2. The number of carbonyl (C=O) groups excluding carboxylic acids is 1. The molecular formula is C25H19N3O2. The maximum Gasteiger partial charge on any atom is 0.252 e. The molecule has 0 aliphatic heterocycles. The normalized spacial score (nSPS) is 10.2. The zero-order chi connectivity index (χ0) is 20.8. The van der Waals surface area contributed by atoms with Crippen LogP contribution in [0.4, 0.5) is 0 Å². The van der Waals surface area contributed by atoms with Crippen LogP contribution in [0.25, 0.3) is 22.9 Å². The minimum atomic E-state index is -0.185. The summed E-state index contributed by atoms with van der Waals surface area (Å²) in [5.41, 5.74) is 4.18. The van der Waals surface area contributed by atoms with Crippen LogP contribution in [0.2, 0.25) is 0 Å². The topological polar surface area (TPSA) is 68.0 Å². The lowest BCUT2D eigenvalue weighted by Crippen LogP contribution is -2.23. The van der Waals surface area contributed by atoms with E-state index >= 15 is 0 Å². The second-order valence-corrected chi connectivity index (χ2v) is 6.66. The minimum absolute atomic E-state index is 0.185. The van der Waals surface area contributed by atoms with Crippen molar-refractivity contribution in [2.24, 2.45) is 0 Å². The van der Waals surface area contributed by atoms with E-state index in [1.54, 1.807) is 24.3 Å². The maximum atomic E-state index is 12.3. The highest BCUT2D eigenvalue weighted by Crippen LogP contribution is 2.26. The molecule has 5 nitrogen and oxygen atoms in total. The Balaban J connectivity index is 1.40. The van der Waals surface area contributed by atoms with Gasteiger partial charge in [0.2, 0.25) is 11.8 Å². The second-order valence-electron chi connectivity index (χ2n) is 6.66. The molecule has 30 heavy (non-hydrogen) atoms. The highest BCUT2D eigenvalue weighted by atomic mass is 16.4. The Kier molecular flexibility index (Phi) is 5.68. The van der Waals surface area contributed by atoms with Gasteiger partial charge in [0.15, 0.2) is 0 Å². The lowest BCUT2D eigenvalue weighted by atomic mass is 10.1. The van der Waals surface area contributed by atoms with Crippen molar-refractivity contribution < 1.29 is 9.21 Å². The quantitative estimate of drug-likeness (QED) is 0.519. The van der Waals surface area contributed by atoms with Gasteiger partial charge in [0.25, 0.3) is 5.91 Å². The van der Waals surface area contributed by atoms with Crippen LogP contribution in [-0.2, 0) is 0 Å². The molecule has 0 saturated heterocycles. The molecule has 0 saturated carbocycles. The Hall–Kier alpha value is -4.17. The van der Waals surface area contributed by atoms with Crippen LogP contribution in [0.3, 0.4) is 0 Å². The molecule has 3 aromatic carbocycles. The third-order valence-corrected chi connectivity index (χ3v) is 4.54. The summed E-state index contributed by atoms with van der Waals surface area (Å²) in [4.78, 5) is 12.3. The van der Waals surface area contributed by atoms with E-state index in [0.29, 0.717) is 17.3 Å². The molecule has 4 rings (SSSR count). The molecule has 0 radical (unpaired) electrons. The van der Waals surface area contributed by atoms with Crippen LogP contribution in [0, 0.1) is 18.8 Å². The first kappa shape index (κ1) is 19.2. The van der Waals surface area contributed by atoms with Crippen LogP contribution in [0.5, 0.6) is 0 Å². The Morgan fingerprint density at radius 2 is 1.60 bits per heavy atom.